The van der Waals surface area contributed by atoms with Crippen LogP contribution in [0.4, 0.5) is 0 Å². The summed E-state index contributed by atoms with van der Waals surface area (Å²) >= 11 is 0. The molecule has 2 amide bonds. The number of hydrogen-bond donors (Lipinski definition) is 1. The molecule has 1 fully saturated rings. The van der Waals surface area contributed by atoms with Gasteiger partial charge in [0.05, 0.1) is 5.69 Å². The molecule has 1 aliphatic rings. The Morgan fingerprint density at radius 3 is 2.38 bits per heavy atom. The summed E-state index contributed by atoms with van der Waals surface area (Å²) in [6.07, 6.45) is 2.02. The Morgan fingerprint density at radius 1 is 1.10 bits per heavy atom. The number of nitrogens with two attached hydrogens (primary N) is 1. The van der Waals surface area contributed by atoms with Gasteiger partial charge in [0.25, 0.3) is 11.8 Å². The summed E-state index contributed by atoms with van der Waals surface area (Å²) in [6, 6.07) is 10.6. The van der Waals surface area contributed by atoms with Gasteiger partial charge in [-0.25, -0.2) is 4.68 Å². The molecule has 0 spiro atoms. The summed E-state index contributed by atoms with van der Waals surface area (Å²) in [5, 5.41) is 4.27. The number of carbonyl (C=O) groups is 2. The second-order valence-corrected chi connectivity index (χ2v) is 5.03. The normalized spacial score (nSPS) is 14.4. The topological polar surface area (TPSA) is 81.2 Å². The molecule has 21 heavy (non-hydrogen) atoms. The largest absolute Gasteiger partial charge is 0.364 e. The van der Waals surface area contributed by atoms with E-state index < -0.39 is 5.91 Å². The third-order valence-electron chi connectivity index (χ3n) is 3.57. The predicted octanol–water partition coefficient (Wildman–Crippen LogP) is 1.21. The molecule has 1 aromatic heterocycles. The standard InChI is InChI=1S/C15H16N4O2/c16-14(20)13-10-12(15(21)18-8-4-5-9-18)17-19(13)11-6-2-1-3-7-11/h1-3,6-7,10H,4-5,8-9H2,(H2,16,20). The number of hydrogen-bond acceptors (Lipinski definition) is 3. The quantitative estimate of drug-likeness (QED) is 0.919. The lowest BCUT2D eigenvalue weighted by atomic mass is 10.3. The highest BCUT2D eigenvalue weighted by molar-refractivity contribution is 5.97. The number of benzene rings is 1. The summed E-state index contributed by atoms with van der Waals surface area (Å²) in [4.78, 5) is 25.7. The van der Waals surface area contributed by atoms with E-state index in [9.17, 15) is 9.59 Å². The fourth-order valence-corrected chi connectivity index (χ4v) is 2.51. The van der Waals surface area contributed by atoms with Crippen molar-refractivity contribution in [2.75, 3.05) is 13.1 Å². The van der Waals surface area contributed by atoms with E-state index in [-0.39, 0.29) is 17.3 Å². The third kappa shape index (κ3) is 2.52. The highest BCUT2D eigenvalue weighted by Gasteiger charge is 2.24. The Bertz CT molecular complexity index is 672. The van der Waals surface area contributed by atoms with Gasteiger partial charge in [-0.05, 0) is 25.0 Å². The van der Waals surface area contributed by atoms with Gasteiger partial charge in [0.2, 0.25) is 0 Å². The molecule has 3 rings (SSSR count). The molecule has 108 valence electrons. The minimum Gasteiger partial charge on any atom is -0.364 e. The van der Waals surface area contributed by atoms with Crippen LogP contribution in [0.5, 0.6) is 0 Å². The molecule has 0 radical (unpaired) electrons. The minimum absolute atomic E-state index is 0.148. The van der Waals surface area contributed by atoms with Gasteiger partial charge in [-0.2, -0.15) is 5.10 Å². The first-order valence-electron chi connectivity index (χ1n) is 6.91. The van der Waals surface area contributed by atoms with Crippen molar-refractivity contribution in [1.29, 1.82) is 0 Å². The second kappa shape index (κ2) is 5.40. The molecular weight excluding hydrogens is 268 g/mol. The number of carbonyl (C=O) groups excluding carboxylic acids is 2. The van der Waals surface area contributed by atoms with Gasteiger partial charge in [0, 0.05) is 19.2 Å². The summed E-state index contributed by atoms with van der Waals surface area (Å²) in [6.45, 7) is 1.48. The Labute approximate surface area is 122 Å². The van der Waals surface area contributed by atoms with Crippen LogP contribution in [-0.2, 0) is 0 Å². The number of nitrogens with zero attached hydrogens (tertiary/aromatic N) is 3. The van der Waals surface area contributed by atoms with Crippen molar-refractivity contribution < 1.29 is 9.59 Å². The first-order valence-corrected chi connectivity index (χ1v) is 6.91. The summed E-state index contributed by atoms with van der Waals surface area (Å²) in [5.74, 6) is -0.753. The SMILES string of the molecule is NC(=O)c1cc(C(=O)N2CCCC2)nn1-c1ccccc1. The predicted molar refractivity (Wildman–Crippen MR) is 77.2 cm³/mol. The zero-order valence-electron chi connectivity index (χ0n) is 11.5. The smallest absolute Gasteiger partial charge is 0.274 e. The van der Waals surface area contributed by atoms with Gasteiger partial charge in [0.1, 0.15) is 5.69 Å². The number of primary amides is 1. The lowest BCUT2D eigenvalue weighted by molar-refractivity contribution is 0.0786. The molecule has 0 unspecified atom stereocenters. The van der Waals surface area contributed by atoms with Crippen LogP contribution in [0.25, 0.3) is 5.69 Å². The molecule has 6 nitrogen and oxygen atoms in total. The van der Waals surface area contributed by atoms with E-state index in [4.69, 9.17) is 5.73 Å². The molecule has 2 N–H and O–H groups in total. The van der Waals surface area contributed by atoms with Crippen LogP contribution in [0.2, 0.25) is 0 Å². The molecule has 2 aromatic rings. The minimum atomic E-state index is -0.605. The monoisotopic (exact) mass is 284 g/mol. The van der Waals surface area contributed by atoms with Crippen LogP contribution >= 0.6 is 0 Å². The van der Waals surface area contributed by atoms with E-state index >= 15 is 0 Å². The number of aromatic nitrogens is 2. The molecular formula is C15H16N4O2. The van der Waals surface area contributed by atoms with E-state index in [1.54, 1.807) is 4.90 Å². The summed E-state index contributed by atoms with van der Waals surface area (Å²) in [7, 11) is 0. The maximum atomic E-state index is 12.4. The van der Waals surface area contributed by atoms with Gasteiger partial charge >= 0.3 is 0 Å². The van der Waals surface area contributed by atoms with E-state index in [2.05, 4.69) is 5.10 Å². The van der Waals surface area contributed by atoms with Crippen molar-refractivity contribution in [3.05, 3.63) is 47.8 Å². The fraction of sp³-hybridized carbons (Fsp3) is 0.267. The molecule has 6 heteroatoms. The Balaban J connectivity index is 2.00. The van der Waals surface area contributed by atoms with Crippen molar-refractivity contribution in [2.45, 2.75) is 12.8 Å². The number of likely N-dealkylation sites (tertiary alicyclic amines) is 1. The molecule has 0 aliphatic carbocycles. The van der Waals surface area contributed by atoms with Gasteiger partial charge < -0.3 is 10.6 Å². The maximum absolute atomic E-state index is 12.4. The van der Waals surface area contributed by atoms with Crippen LogP contribution in [0.3, 0.4) is 0 Å². The Hall–Kier alpha value is -2.63. The first-order chi connectivity index (χ1) is 10.2. The Kier molecular flexibility index (Phi) is 3.43. The fourth-order valence-electron chi connectivity index (χ4n) is 2.51. The van der Waals surface area contributed by atoms with Crippen LogP contribution < -0.4 is 5.73 Å². The van der Waals surface area contributed by atoms with Crippen LogP contribution in [-0.4, -0.2) is 39.6 Å². The average molecular weight is 284 g/mol. The van der Waals surface area contributed by atoms with Crippen molar-refractivity contribution >= 4 is 11.8 Å². The second-order valence-electron chi connectivity index (χ2n) is 5.03. The van der Waals surface area contributed by atoms with Crippen molar-refractivity contribution in [3.8, 4) is 5.69 Å². The number of amides is 2. The van der Waals surface area contributed by atoms with Crippen molar-refractivity contribution in [1.82, 2.24) is 14.7 Å². The average Bonchev–Trinajstić information content (AvgIpc) is 3.17. The lowest BCUT2D eigenvalue weighted by Gasteiger charge is -2.12. The first kappa shape index (κ1) is 13.4. The number of para-hydroxylation sites is 1. The number of rotatable bonds is 3. The van der Waals surface area contributed by atoms with E-state index in [0.29, 0.717) is 5.69 Å². The molecule has 1 aromatic carbocycles. The van der Waals surface area contributed by atoms with E-state index in [1.165, 1.54) is 10.7 Å². The molecule has 0 bridgehead atoms. The van der Waals surface area contributed by atoms with Gasteiger partial charge in [-0.1, -0.05) is 18.2 Å². The molecule has 0 atom stereocenters. The molecule has 0 saturated carbocycles. The summed E-state index contributed by atoms with van der Waals surface area (Å²) in [5.41, 5.74) is 6.57. The third-order valence-corrected chi connectivity index (χ3v) is 3.57. The van der Waals surface area contributed by atoms with E-state index in [0.717, 1.165) is 25.9 Å². The highest BCUT2D eigenvalue weighted by Crippen LogP contribution is 2.16. The van der Waals surface area contributed by atoms with Crippen molar-refractivity contribution in [3.63, 3.8) is 0 Å². The molecule has 1 aliphatic heterocycles. The van der Waals surface area contributed by atoms with Crippen LogP contribution in [0, 0.1) is 0 Å². The van der Waals surface area contributed by atoms with Gasteiger partial charge in [-0.15, -0.1) is 0 Å². The zero-order chi connectivity index (χ0) is 14.8. The van der Waals surface area contributed by atoms with Crippen molar-refractivity contribution in [2.24, 2.45) is 5.73 Å². The van der Waals surface area contributed by atoms with Gasteiger partial charge in [-0.3, -0.25) is 9.59 Å². The van der Waals surface area contributed by atoms with Crippen LogP contribution in [0.1, 0.15) is 33.8 Å². The summed E-state index contributed by atoms with van der Waals surface area (Å²) < 4.78 is 1.42. The molecule has 2 heterocycles. The van der Waals surface area contributed by atoms with Crippen LogP contribution in [0.15, 0.2) is 36.4 Å². The maximum Gasteiger partial charge on any atom is 0.274 e. The Morgan fingerprint density at radius 2 is 1.76 bits per heavy atom. The highest BCUT2D eigenvalue weighted by atomic mass is 16.2. The molecule has 1 saturated heterocycles. The van der Waals surface area contributed by atoms with E-state index in [1.807, 2.05) is 30.3 Å². The lowest BCUT2D eigenvalue weighted by Crippen LogP contribution is -2.28. The zero-order valence-corrected chi connectivity index (χ0v) is 11.5. The van der Waals surface area contributed by atoms with Gasteiger partial charge in [0.15, 0.2) is 5.69 Å².